The first-order valence-electron chi connectivity index (χ1n) is 13.3. The van der Waals surface area contributed by atoms with E-state index in [0.717, 1.165) is 23.0 Å². The van der Waals surface area contributed by atoms with Crippen molar-refractivity contribution >= 4 is 38.3 Å². The maximum absolute atomic E-state index is 15.9. The van der Waals surface area contributed by atoms with E-state index in [-0.39, 0.29) is 52.2 Å². The van der Waals surface area contributed by atoms with E-state index in [1.54, 1.807) is 28.9 Å². The molecule has 43 heavy (non-hydrogen) atoms. The largest absolute Gasteiger partial charge is 0.507 e. The minimum absolute atomic E-state index is 0.0741. The van der Waals surface area contributed by atoms with E-state index >= 15 is 4.39 Å². The highest BCUT2D eigenvalue weighted by molar-refractivity contribution is 7.92. The standard InChI is InChI=1S/C30H29F2N5O5S/c1-5-26(39)35-12-13-36(18(3)16-35)29-20-14-22(32)19(27-21(31)9-7-11-25(27)38)15-24(20)37(30(40)33-29)28-17(2)8-6-10-23(28)34-43(4,41)42/h5-11,14-15,18,34,38H,1,12-13,16H2,2-4H3/t18-/m0/s1. The molecule has 5 rings (SSSR count). The van der Waals surface area contributed by atoms with Crippen LogP contribution in [0.1, 0.15) is 12.5 Å². The number of aryl methyl sites for hydroxylation is 1. The summed E-state index contributed by atoms with van der Waals surface area (Å²) in [5.41, 5.74) is -0.706. The second kappa shape index (κ2) is 11.1. The van der Waals surface area contributed by atoms with E-state index < -0.39 is 38.7 Å². The predicted octanol–water partition coefficient (Wildman–Crippen LogP) is 3.94. The molecule has 0 unspecified atom stereocenters. The van der Waals surface area contributed by atoms with Crippen molar-refractivity contribution in [2.75, 3.05) is 35.5 Å². The van der Waals surface area contributed by atoms with E-state index in [0.29, 0.717) is 18.7 Å². The Morgan fingerprint density at radius 3 is 2.51 bits per heavy atom. The molecule has 1 aromatic heterocycles. The molecular formula is C30H29F2N5O5S. The Morgan fingerprint density at radius 1 is 1.14 bits per heavy atom. The number of para-hydroxylation sites is 1. The number of amides is 1. The minimum atomic E-state index is -3.78. The fourth-order valence-electron chi connectivity index (χ4n) is 5.48. The van der Waals surface area contributed by atoms with Crippen LogP contribution >= 0.6 is 0 Å². The summed E-state index contributed by atoms with van der Waals surface area (Å²) in [4.78, 5) is 33.9. The number of phenolic OH excluding ortho intramolecular Hbond substituents is 1. The van der Waals surface area contributed by atoms with Crippen LogP contribution < -0.4 is 15.3 Å². The first-order chi connectivity index (χ1) is 20.3. The van der Waals surface area contributed by atoms with Crippen LogP contribution in [0.25, 0.3) is 27.7 Å². The van der Waals surface area contributed by atoms with E-state index in [1.165, 1.54) is 30.3 Å². The molecule has 4 aromatic rings. The molecule has 1 amide bonds. The molecule has 0 radical (unpaired) electrons. The summed E-state index contributed by atoms with van der Waals surface area (Å²) in [5, 5.41) is 10.7. The fourth-order valence-corrected chi connectivity index (χ4v) is 6.04. The average Bonchev–Trinajstić information content (AvgIpc) is 2.93. The minimum Gasteiger partial charge on any atom is -0.507 e. The number of phenols is 1. The molecule has 0 saturated carbocycles. The normalized spacial score (nSPS) is 15.5. The van der Waals surface area contributed by atoms with Crippen LogP contribution in [0.3, 0.4) is 0 Å². The highest BCUT2D eigenvalue weighted by atomic mass is 32.2. The summed E-state index contributed by atoms with van der Waals surface area (Å²) >= 11 is 0. The molecule has 2 N–H and O–H groups in total. The zero-order valence-corrected chi connectivity index (χ0v) is 24.5. The molecule has 1 fully saturated rings. The molecule has 2 heterocycles. The van der Waals surface area contributed by atoms with Crippen molar-refractivity contribution in [3.05, 3.63) is 88.9 Å². The van der Waals surface area contributed by atoms with Gasteiger partial charge in [0.05, 0.1) is 28.7 Å². The van der Waals surface area contributed by atoms with Crippen LogP contribution in [0.4, 0.5) is 20.3 Å². The maximum atomic E-state index is 15.9. The number of rotatable bonds is 6. The van der Waals surface area contributed by atoms with Gasteiger partial charge in [-0.3, -0.25) is 14.1 Å². The van der Waals surface area contributed by atoms with Gasteiger partial charge < -0.3 is 14.9 Å². The van der Waals surface area contributed by atoms with Crippen LogP contribution in [0.15, 0.2) is 66.0 Å². The molecule has 13 heteroatoms. The highest BCUT2D eigenvalue weighted by Gasteiger charge is 2.30. The smallest absolute Gasteiger partial charge is 0.354 e. The number of nitrogens with one attached hydrogen (secondary N) is 1. The Morgan fingerprint density at radius 2 is 1.86 bits per heavy atom. The number of aromatic hydroxyl groups is 1. The average molecular weight is 610 g/mol. The van der Waals surface area contributed by atoms with Gasteiger partial charge in [0, 0.05) is 36.6 Å². The summed E-state index contributed by atoms with van der Waals surface area (Å²) in [7, 11) is -3.78. The van der Waals surface area contributed by atoms with E-state index in [9.17, 15) is 27.5 Å². The lowest BCUT2D eigenvalue weighted by molar-refractivity contribution is -0.126. The van der Waals surface area contributed by atoms with Crippen molar-refractivity contribution in [1.29, 1.82) is 0 Å². The van der Waals surface area contributed by atoms with Gasteiger partial charge in [-0.1, -0.05) is 24.8 Å². The number of anilines is 2. The topological polar surface area (TPSA) is 125 Å². The van der Waals surface area contributed by atoms with E-state index in [4.69, 9.17) is 0 Å². The summed E-state index contributed by atoms with van der Waals surface area (Å²) in [5.74, 6) is -2.37. The second-order valence-electron chi connectivity index (χ2n) is 10.4. The van der Waals surface area contributed by atoms with Crippen LogP contribution in [0.2, 0.25) is 0 Å². The summed E-state index contributed by atoms with van der Waals surface area (Å²) in [6, 6.07) is 10.3. The third-order valence-corrected chi connectivity index (χ3v) is 7.95. The Labute approximate surface area is 246 Å². The van der Waals surface area contributed by atoms with Crippen molar-refractivity contribution in [3.8, 4) is 22.6 Å². The lowest BCUT2D eigenvalue weighted by atomic mass is 10.0. The van der Waals surface area contributed by atoms with Gasteiger partial charge in [-0.2, -0.15) is 4.98 Å². The van der Waals surface area contributed by atoms with Gasteiger partial charge in [0.1, 0.15) is 23.2 Å². The third kappa shape index (κ3) is 5.55. The predicted molar refractivity (Wildman–Crippen MR) is 161 cm³/mol. The van der Waals surface area contributed by atoms with Crippen LogP contribution in [0.5, 0.6) is 5.75 Å². The molecule has 0 aliphatic carbocycles. The van der Waals surface area contributed by atoms with Gasteiger partial charge in [0.2, 0.25) is 15.9 Å². The summed E-state index contributed by atoms with van der Waals surface area (Å²) < 4.78 is 58.8. The first-order valence-corrected chi connectivity index (χ1v) is 15.2. The number of halogens is 2. The fraction of sp³-hybridized carbons (Fsp3) is 0.233. The number of benzene rings is 3. The van der Waals surface area contributed by atoms with Crippen LogP contribution in [-0.2, 0) is 14.8 Å². The number of nitrogens with zero attached hydrogens (tertiary/aromatic N) is 4. The van der Waals surface area contributed by atoms with Gasteiger partial charge in [-0.05, 0) is 55.8 Å². The number of fused-ring (bicyclic) bond motifs is 1. The van der Waals surface area contributed by atoms with E-state index in [1.807, 2.05) is 6.92 Å². The molecule has 0 bridgehead atoms. The van der Waals surface area contributed by atoms with Crippen molar-refractivity contribution in [2.45, 2.75) is 19.9 Å². The number of hydrogen-bond acceptors (Lipinski definition) is 7. The van der Waals surface area contributed by atoms with Crippen molar-refractivity contribution in [2.24, 2.45) is 0 Å². The monoisotopic (exact) mass is 609 g/mol. The molecule has 1 atom stereocenters. The van der Waals surface area contributed by atoms with Gasteiger partial charge in [0.25, 0.3) is 0 Å². The third-order valence-electron chi connectivity index (χ3n) is 7.36. The van der Waals surface area contributed by atoms with Gasteiger partial charge in [0.15, 0.2) is 0 Å². The lowest BCUT2D eigenvalue weighted by Gasteiger charge is -2.40. The van der Waals surface area contributed by atoms with Gasteiger partial charge in [-0.25, -0.2) is 22.0 Å². The first kappa shape index (κ1) is 29.7. The molecule has 3 aromatic carbocycles. The van der Waals surface area contributed by atoms with Crippen molar-refractivity contribution in [3.63, 3.8) is 0 Å². The summed E-state index contributed by atoms with van der Waals surface area (Å²) in [6.07, 6.45) is 2.19. The number of aromatic nitrogens is 2. The second-order valence-corrected chi connectivity index (χ2v) is 12.2. The maximum Gasteiger partial charge on any atom is 0.354 e. The highest BCUT2D eigenvalue weighted by Crippen LogP contribution is 2.39. The number of carbonyl (C=O) groups excluding carboxylic acids is 1. The zero-order valence-electron chi connectivity index (χ0n) is 23.6. The molecule has 10 nitrogen and oxygen atoms in total. The molecule has 1 aliphatic rings. The van der Waals surface area contributed by atoms with Crippen molar-refractivity contribution in [1.82, 2.24) is 14.5 Å². The molecule has 0 spiro atoms. The summed E-state index contributed by atoms with van der Waals surface area (Å²) in [6.45, 7) is 7.89. The van der Waals surface area contributed by atoms with Gasteiger partial charge >= 0.3 is 5.69 Å². The van der Waals surface area contributed by atoms with Crippen LogP contribution in [-0.4, -0.2) is 65.8 Å². The Kier molecular flexibility index (Phi) is 7.69. The molecule has 1 saturated heterocycles. The Bertz CT molecular complexity index is 1940. The SMILES string of the molecule is C=CC(=O)N1CCN(c2nc(=O)n(-c3c(C)cccc3NS(C)(=O)=O)c3cc(-c4c(O)cccc4F)c(F)cc23)[C@@H](C)C1. The Hall–Kier alpha value is -4.78. The van der Waals surface area contributed by atoms with Crippen molar-refractivity contribution < 1.29 is 27.1 Å². The number of carbonyl (C=O) groups is 1. The lowest BCUT2D eigenvalue weighted by Crippen LogP contribution is -2.54. The number of piperazine rings is 1. The van der Waals surface area contributed by atoms with Gasteiger partial charge in [-0.15, -0.1) is 0 Å². The quantitative estimate of drug-likeness (QED) is 0.318. The molecular weight excluding hydrogens is 580 g/mol. The molecule has 1 aliphatic heterocycles. The number of hydrogen-bond donors (Lipinski definition) is 2. The van der Waals surface area contributed by atoms with E-state index in [2.05, 4.69) is 16.3 Å². The van der Waals surface area contributed by atoms with Crippen LogP contribution in [0, 0.1) is 18.6 Å². The zero-order chi connectivity index (χ0) is 31.2. The molecule has 224 valence electrons. The number of sulfonamides is 1. The Balaban J connectivity index is 1.84.